The minimum Gasteiger partial charge on any atom is -0.326 e. The Kier molecular flexibility index (Phi) is 4.25. The molecule has 0 saturated carbocycles. The van der Waals surface area contributed by atoms with Gasteiger partial charge in [0.1, 0.15) is 11.5 Å². The maximum atomic E-state index is 13.5. The molecule has 1 heterocycles. The first-order chi connectivity index (χ1) is 11.4. The fourth-order valence-corrected chi connectivity index (χ4v) is 2.73. The molecule has 3 rings (SSSR count). The molecule has 4 N–H and O–H groups in total. The highest BCUT2D eigenvalue weighted by atomic mass is 35.5. The van der Waals surface area contributed by atoms with Crippen LogP contribution < -0.4 is 11.0 Å². The first-order valence-electron chi connectivity index (χ1n) is 6.94. The standard InChI is InChI=1S/C16H13ClFN3O3/c17-13-3-1-9(5-15(13)21(23)24)16(22)20-8-10(7-19)12-6-11(18)2-4-14(12)20/h1-6,8,23-24H,7,19H2. The number of nitrogens with zero attached hydrogens (tertiary/aromatic N) is 2. The second kappa shape index (κ2) is 6.21. The molecule has 0 bridgehead atoms. The fraction of sp³-hybridized carbons (Fsp3) is 0.0625. The number of halogens is 2. The van der Waals surface area contributed by atoms with Crippen molar-refractivity contribution in [2.45, 2.75) is 6.54 Å². The van der Waals surface area contributed by atoms with Gasteiger partial charge < -0.3 is 5.73 Å². The van der Waals surface area contributed by atoms with Crippen LogP contribution >= 0.6 is 11.6 Å². The third-order valence-corrected chi connectivity index (χ3v) is 4.02. The van der Waals surface area contributed by atoms with Gasteiger partial charge in [0.25, 0.3) is 5.91 Å². The van der Waals surface area contributed by atoms with Crippen LogP contribution in [0.2, 0.25) is 5.02 Å². The van der Waals surface area contributed by atoms with E-state index in [1.807, 2.05) is 0 Å². The van der Waals surface area contributed by atoms with E-state index in [1.54, 1.807) is 0 Å². The minimum absolute atomic E-state index is 0.0682. The number of aromatic nitrogens is 1. The van der Waals surface area contributed by atoms with Gasteiger partial charge >= 0.3 is 0 Å². The number of hydrogen-bond acceptors (Lipinski definition) is 5. The summed E-state index contributed by atoms with van der Waals surface area (Å²) in [5, 5.41) is 18.8. The van der Waals surface area contributed by atoms with Crippen molar-refractivity contribution in [1.29, 1.82) is 0 Å². The fourth-order valence-electron chi connectivity index (χ4n) is 2.54. The average Bonchev–Trinajstić information content (AvgIpc) is 2.92. The van der Waals surface area contributed by atoms with Crippen LogP contribution in [0.4, 0.5) is 10.1 Å². The molecule has 6 nitrogen and oxygen atoms in total. The largest absolute Gasteiger partial charge is 0.326 e. The molecular weight excluding hydrogens is 337 g/mol. The van der Waals surface area contributed by atoms with Crippen molar-refractivity contribution < 1.29 is 19.6 Å². The van der Waals surface area contributed by atoms with Crippen LogP contribution in [0, 0.1) is 5.82 Å². The molecule has 0 aliphatic rings. The molecule has 124 valence electrons. The summed E-state index contributed by atoms with van der Waals surface area (Å²) in [6.07, 6.45) is 1.54. The van der Waals surface area contributed by atoms with E-state index in [0.717, 1.165) is 0 Å². The quantitative estimate of drug-likeness (QED) is 0.632. The van der Waals surface area contributed by atoms with E-state index in [-0.39, 0.29) is 28.0 Å². The van der Waals surface area contributed by atoms with Crippen molar-refractivity contribution in [2.24, 2.45) is 5.73 Å². The predicted molar refractivity (Wildman–Crippen MR) is 87.0 cm³/mol. The Morgan fingerprint density at radius 2 is 2.00 bits per heavy atom. The Balaban J connectivity index is 2.14. The molecule has 0 amide bonds. The van der Waals surface area contributed by atoms with Crippen LogP contribution in [0.15, 0.2) is 42.6 Å². The monoisotopic (exact) mass is 349 g/mol. The van der Waals surface area contributed by atoms with E-state index in [1.165, 1.54) is 47.2 Å². The third kappa shape index (κ3) is 2.74. The summed E-state index contributed by atoms with van der Waals surface area (Å²) in [7, 11) is 0. The summed E-state index contributed by atoms with van der Waals surface area (Å²) in [4.78, 5) is 12.8. The number of anilines is 1. The van der Waals surface area contributed by atoms with Crippen LogP contribution in [-0.4, -0.2) is 20.9 Å². The van der Waals surface area contributed by atoms with Crippen LogP contribution in [0.5, 0.6) is 0 Å². The molecule has 2 aromatic carbocycles. The average molecular weight is 350 g/mol. The summed E-state index contributed by atoms with van der Waals surface area (Å²) in [6.45, 7) is 0.146. The summed E-state index contributed by atoms with van der Waals surface area (Å²) in [6, 6.07) is 8.12. The minimum atomic E-state index is -0.439. The van der Waals surface area contributed by atoms with Crippen molar-refractivity contribution in [1.82, 2.24) is 4.57 Å². The van der Waals surface area contributed by atoms with Crippen LogP contribution in [0.25, 0.3) is 10.9 Å². The van der Waals surface area contributed by atoms with E-state index in [0.29, 0.717) is 16.5 Å². The molecule has 0 atom stereocenters. The lowest BCUT2D eigenvalue weighted by molar-refractivity contribution is 0.0292. The van der Waals surface area contributed by atoms with Gasteiger partial charge in [-0.1, -0.05) is 11.6 Å². The third-order valence-electron chi connectivity index (χ3n) is 3.70. The van der Waals surface area contributed by atoms with Crippen molar-refractivity contribution >= 4 is 34.1 Å². The molecule has 0 aliphatic carbocycles. The number of benzene rings is 2. The van der Waals surface area contributed by atoms with Crippen LogP contribution in [0.3, 0.4) is 0 Å². The molecule has 0 saturated heterocycles. The van der Waals surface area contributed by atoms with Crippen molar-refractivity contribution in [3.63, 3.8) is 0 Å². The van der Waals surface area contributed by atoms with E-state index < -0.39 is 11.7 Å². The highest BCUT2D eigenvalue weighted by molar-refractivity contribution is 6.33. The molecule has 0 spiro atoms. The van der Waals surface area contributed by atoms with E-state index in [2.05, 4.69) is 0 Å². The van der Waals surface area contributed by atoms with Gasteiger partial charge in [0.15, 0.2) is 0 Å². The van der Waals surface area contributed by atoms with Gasteiger partial charge in [-0.2, -0.15) is 0 Å². The molecule has 0 aliphatic heterocycles. The van der Waals surface area contributed by atoms with Gasteiger partial charge in [0, 0.05) is 23.7 Å². The molecule has 0 fully saturated rings. The highest BCUT2D eigenvalue weighted by Crippen LogP contribution is 2.27. The van der Waals surface area contributed by atoms with Crippen LogP contribution in [-0.2, 0) is 6.54 Å². The molecule has 24 heavy (non-hydrogen) atoms. The predicted octanol–water partition coefficient (Wildman–Crippen LogP) is 3.17. The van der Waals surface area contributed by atoms with Gasteiger partial charge in [-0.3, -0.25) is 19.8 Å². The Bertz CT molecular complexity index is 940. The van der Waals surface area contributed by atoms with Gasteiger partial charge in [0.05, 0.1) is 10.5 Å². The van der Waals surface area contributed by atoms with E-state index >= 15 is 0 Å². The Morgan fingerprint density at radius 3 is 2.67 bits per heavy atom. The molecule has 0 unspecified atom stereocenters. The molecule has 0 radical (unpaired) electrons. The van der Waals surface area contributed by atoms with Gasteiger partial charge in [0.2, 0.25) is 0 Å². The number of fused-ring (bicyclic) bond motifs is 1. The second-order valence-electron chi connectivity index (χ2n) is 5.15. The molecule has 8 heteroatoms. The summed E-state index contributed by atoms with van der Waals surface area (Å²) < 4.78 is 14.8. The SMILES string of the molecule is NCc1cn(C(=O)c2ccc(Cl)c(N(O)O)c2)c2ccc(F)cc12. The Morgan fingerprint density at radius 1 is 1.25 bits per heavy atom. The lowest BCUT2D eigenvalue weighted by Crippen LogP contribution is -2.15. The zero-order valence-corrected chi connectivity index (χ0v) is 13.0. The lowest BCUT2D eigenvalue weighted by atomic mass is 10.1. The zero-order chi connectivity index (χ0) is 17.4. The van der Waals surface area contributed by atoms with Crippen molar-refractivity contribution in [3.8, 4) is 0 Å². The van der Waals surface area contributed by atoms with Gasteiger partial charge in [-0.15, -0.1) is 5.23 Å². The number of carbonyl (C=O) groups is 1. The second-order valence-corrected chi connectivity index (χ2v) is 5.56. The number of nitrogens with two attached hydrogens (primary N) is 1. The smallest absolute Gasteiger partial charge is 0.262 e. The first-order valence-corrected chi connectivity index (χ1v) is 7.32. The first kappa shape index (κ1) is 16.4. The molecular formula is C16H13ClFN3O3. The van der Waals surface area contributed by atoms with Crippen molar-refractivity contribution in [3.05, 3.63) is 64.6 Å². The number of hydrogen-bond donors (Lipinski definition) is 3. The number of carbonyl (C=O) groups excluding carboxylic acids is 1. The Hall–Kier alpha value is -2.45. The van der Waals surface area contributed by atoms with Crippen LogP contribution in [0.1, 0.15) is 15.9 Å². The Labute approximate surface area is 141 Å². The van der Waals surface area contributed by atoms with Gasteiger partial charge in [-0.25, -0.2) is 4.39 Å². The van der Waals surface area contributed by atoms with E-state index in [4.69, 9.17) is 27.7 Å². The van der Waals surface area contributed by atoms with Gasteiger partial charge in [-0.05, 0) is 42.0 Å². The van der Waals surface area contributed by atoms with E-state index in [9.17, 15) is 9.18 Å². The topological polar surface area (TPSA) is 91.7 Å². The molecule has 3 aromatic rings. The molecule has 1 aromatic heterocycles. The maximum absolute atomic E-state index is 13.5. The lowest BCUT2D eigenvalue weighted by Gasteiger charge is -2.12. The summed E-state index contributed by atoms with van der Waals surface area (Å²) >= 11 is 5.84. The maximum Gasteiger partial charge on any atom is 0.262 e. The summed E-state index contributed by atoms with van der Waals surface area (Å²) in [5.41, 5.74) is 6.83. The number of rotatable bonds is 3. The van der Waals surface area contributed by atoms with Crippen molar-refractivity contribution in [2.75, 3.05) is 5.23 Å². The zero-order valence-electron chi connectivity index (χ0n) is 12.3. The highest BCUT2D eigenvalue weighted by Gasteiger charge is 2.17. The normalized spacial score (nSPS) is 11.0. The summed E-state index contributed by atoms with van der Waals surface area (Å²) in [5.74, 6) is -0.863.